The molecule has 3 aromatic rings. The van der Waals surface area contributed by atoms with Crippen LogP contribution in [0.3, 0.4) is 0 Å². The van der Waals surface area contributed by atoms with Crippen molar-refractivity contribution in [2.75, 3.05) is 0 Å². The van der Waals surface area contributed by atoms with Crippen LogP contribution in [0.15, 0.2) is 46.4 Å². The molecule has 2 heteroatoms. The monoisotopic (exact) mass is 399 g/mol. The summed E-state index contributed by atoms with van der Waals surface area (Å²) >= 11 is 0. The van der Waals surface area contributed by atoms with E-state index in [1.165, 1.54) is 41.5 Å². The SMILES string of the molecule is CC(C)=C[C@@H]1C[C@H](C)[C@H]2CC[C@H](C)c3c2c1c(C)c1nc(Cc2ccccc2)oc31. The number of aryl methyl sites for hydroxylation is 1. The average molecular weight is 400 g/mol. The summed E-state index contributed by atoms with van der Waals surface area (Å²) in [6.45, 7) is 11.6. The number of nitrogens with zero attached hydrogens (tertiary/aromatic N) is 1. The third-order valence-corrected chi connectivity index (χ3v) is 7.45. The van der Waals surface area contributed by atoms with Gasteiger partial charge in [0.15, 0.2) is 11.5 Å². The molecule has 0 radical (unpaired) electrons. The van der Waals surface area contributed by atoms with Crippen molar-refractivity contribution in [1.82, 2.24) is 4.98 Å². The molecule has 2 aliphatic carbocycles. The molecule has 156 valence electrons. The number of hydrogen-bond acceptors (Lipinski definition) is 2. The zero-order valence-electron chi connectivity index (χ0n) is 19.0. The molecule has 2 nitrogen and oxygen atoms in total. The van der Waals surface area contributed by atoms with E-state index in [1.807, 2.05) is 0 Å². The van der Waals surface area contributed by atoms with Crippen molar-refractivity contribution in [1.29, 1.82) is 0 Å². The molecular weight excluding hydrogens is 366 g/mol. The summed E-state index contributed by atoms with van der Waals surface area (Å²) in [5, 5.41) is 0. The van der Waals surface area contributed by atoms with Crippen LogP contribution in [-0.4, -0.2) is 4.98 Å². The summed E-state index contributed by atoms with van der Waals surface area (Å²) in [4.78, 5) is 5.05. The van der Waals surface area contributed by atoms with Crippen molar-refractivity contribution in [3.63, 3.8) is 0 Å². The van der Waals surface area contributed by atoms with E-state index in [1.54, 1.807) is 11.1 Å². The van der Waals surface area contributed by atoms with Crippen LogP contribution in [0.4, 0.5) is 0 Å². The maximum atomic E-state index is 6.52. The van der Waals surface area contributed by atoms with Crippen molar-refractivity contribution < 1.29 is 4.42 Å². The van der Waals surface area contributed by atoms with Gasteiger partial charge in [0, 0.05) is 17.9 Å². The fourth-order valence-electron chi connectivity index (χ4n) is 6.13. The van der Waals surface area contributed by atoms with Gasteiger partial charge in [-0.3, -0.25) is 0 Å². The third-order valence-electron chi connectivity index (χ3n) is 7.45. The summed E-state index contributed by atoms with van der Waals surface area (Å²) < 4.78 is 6.52. The second-order valence-corrected chi connectivity index (χ2v) is 9.96. The lowest BCUT2D eigenvalue weighted by molar-refractivity contribution is 0.332. The highest BCUT2D eigenvalue weighted by Crippen LogP contribution is 2.55. The largest absolute Gasteiger partial charge is 0.440 e. The van der Waals surface area contributed by atoms with Crippen LogP contribution < -0.4 is 0 Å². The molecule has 5 rings (SSSR count). The Morgan fingerprint density at radius 3 is 2.57 bits per heavy atom. The van der Waals surface area contributed by atoms with E-state index >= 15 is 0 Å². The highest BCUT2D eigenvalue weighted by molar-refractivity contribution is 5.85. The molecule has 0 amide bonds. The van der Waals surface area contributed by atoms with E-state index in [4.69, 9.17) is 9.40 Å². The second kappa shape index (κ2) is 7.41. The van der Waals surface area contributed by atoms with Gasteiger partial charge in [-0.25, -0.2) is 4.98 Å². The first-order valence-corrected chi connectivity index (χ1v) is 11.6. The average Bonchev–Trinajstić information content (AvgIpc) is 3.11. The third kappa shape index (κ3) is 3.12. The number of allylic oxidation sites excluding steroid dienone is 2. The molecule has 1 aromatic heterocycles. The molecular formula is C28H33NO. The van der Waals surface area contributed by atoms with Gasteiger partial charge >= 0.3 is 0 Å². The van der Waals surface area contributed by atoms with Gasteiger partial charge in [-0.2, -0.15) is 0 Å². The van der Waals surface area contributed by atoms with Gasteiger partial charge in [-0.05, 0) is 80.0 Å². The Hall–Kier alpha value is -2.35. The molecule has 0 spiro atoms. The zero-order chi connectivity index (χ0) is 21.0. The normalized spacial score (nSPS) is 25.2. The van der Waals surface area contributed by atoms with E-state index in [2.05, 4.69) is 71.0 Å². The Labute approximate surface area is 180 Å². The minimum absolute atomic E-state index is 0.499. The van der Waals surface area contributed by atoms with Crippen LogP contribution in [0.25, 0.3) is 11.1 Å². The summed E-state index contributed by atoms with van der Waals surface area (Å²) in [7, 11) is 0. The Morgan fingerprint density at radius 2 is 1.83 bits per heavy atom. The van der Waals surface area contributed by atoms with Gasteiger partial charge < -0.3 is 4.42 Å². The van der Waals surface area contributed by atoms with Crippen LogP contribution in [0.5, 0.6) is 0 Å². The molecule has 2 aromatic carbocycles. The Kier molecular flexibility index (Phi) is 4.84. The van der Waals surface area contributed by atoms with Crippen LogP contribution in [0.1, 0.15) is 98.4 Å². The van der Waals surface area contributed by atoms with E-state index in [0.29, 0.717) is 23.7 Å². The fraction of sp³-hybridized carbons (Fsp3) is 0.464. The number of fused-ring (bicyclic) bond motifs is 2. The van der Waals surface area contributed by atoms with E-state index < -0.39 is 0 Å². The second-order valence-electron chi connectivity index (χ2n) is 9.96. The molecule has 0 saturated heterocycles. The molecule has 0 fully saturated rings. The standard InChI is InChI=1S/C28H33NO/c1-16(2)13-21-14-18(4)22-12-11-17(3)24-26(22)25(21)19(5)27-28(24)30-23(29-27)15-20-9-7-6-8-10-20/h6-10,13,17-18,21-22H,11-12,14-15H2,1-5H3/t17-,18-,21+,22+/m0/s1. The Bertz CT molecular complexity index is 1120. The zero-order valence-corrected chi connectivity index (χ0v) is 19.0. The van der Waals surface area contributed by atoms with Crippen LogP contribution in [0.2, 0.25) is 0 Å². The number of benzene rings is 2. The number of aromatic nitrogens is 1. The molecule has 0 N–H and O–H groups in total. The molecule has 0 bridgehead atoms. The van der Waals surface area contributed by atoms with E-state index in [9.17, 15) is 0 Å². The van der Waals surface area contributed by atoms with Crippen molar-refractivity contribution >= 4 is 11.1 Å². The lowest BCUT2D eigenvalue weighted by Gasteiger charge is -2.42. The molecule has 30 heavy (non-hydrogen) atoms. The van der Waals surface area contributed by atoms with E-state index in [0.717, 1.165) is 23.4 Å². The number of hydrogen-bond donors (Lipinski definition) is 0. The van der Waals surface area contributed by atoms with Gasteiger partial charge in [0.05, 0.1) is 0 Å². The lowest BCUT2D eigenvalue weighted by Crippen LogP contribution is -2.28. The smallest absolute Gasteiger partial charge is 0.199 e. The first-order valence-electron chi connectivity index (χ1n) is 11.6. The molecule has 2 aliphatic rings. The molecule has 0 saturated carbocycles. The predicted molar refractivity (Wildman–Crippen MR) is 124 cm³/mol. The summed E-state index contributed by atoms with van der Waals surface area (Å²) in [5.74, 6) is 3.26. The molecule has 1 heterocycles. The topological polar surface area (TPSA) is 26.0 Å². The molecule has 4 atom stereocenters. The summed E-state index contributed by atoms with van der Waals surface area (Å²) in [5.41, 5.74) is 10.8. The highest BCUT2D eigenvalue weighted by atomic mass is 16.3. The number of rotatable bonds is 3. The fourth-order valence-corrected chi connectivity index (χ4v) is 6.13. The Morgan fingerprint density at radius 1 is 1.07 bits per heavy atom. The Balaban J connectivity index is 1.75. The molecule has 0 unspecified atom stereocenters. The van der Waals surface area contributed by atoms with Crippen molar-refractivity contribution in [3.05, 3.63) is 75.7 Å². The van der Waals surface area contributed by atoms with Gasteiger partial charge in [-0.1, -0.05) is 55.8 Å². The molecule has 0 aliphatic heterocycles. The predicted octanol–water partition coefficient (Wildman–Crippen LogP) is 7.80. The quantitative estimate of drug-likeness (QED) is 0.420. The van der Waals surface area contributed by atoms with Crippen molar-refractivity contribution in [2.45, 2.75) is 78.1 Å². The van der Waals surface area contributed by atoms with Gasteiger partial charge in [-0.15, -0.1) is 0 Å². The van der Waals surface area contributed by atoms with E-state index in [-0.39, 0.29) is 0 Å². The lowest BCUT2D eigenvalue weighted by atomic mass is 9.62. The first-order chi connectivity index (χ1) is 14.4. The highest BCUT2D eigenvalue weighted by Gasteiger charge is 2.40. The minimum atomic E-state index is 0.499. The van der Waals surface area contributed by atoms with Gasteiger partial charge in [0.2, 0.25) is 0 Å². The maximum Gasteiger partial charge on any atom is 0.199 e. The van der Waals surface area contributed by atoms with Crippen molar-refractivity contribution in [3.8, 4) is 0 Å². The van der Waals surface area contributed by atoms with Crippen molar-refractivity contribution in [2.24, 2.45) is 5.92 Å². The first kappa shape index (κ1) is 19.6. The van der Waals surface area contributed by atoms with Crippen LogP contribution >= 0.6 is 0 Å². The maximum absolute atomic E-state index is 6.52. The van der Waals surface area contributed by atoms with Gasteiger partial charge in [0.1, 0.15) is 5.52 Å². The van der Waals surface area contributed by atoms with Crippen LogP contribution in [-0.2, 0) is 6.42 Å². The minimum Gasteiger partial charge on any atom is -0.440 e. The summed E-state index contributed by atoms with van der Waals surface area (Å²) in [6, 6.07) is 10.5. The summed E-state index contributed by atoms with van der Waals surface area (Å²) in [6.07, 6.45) is 7.05. The number of oxazole rings is 1. The van der Waals surface area contributed by atoms with Gasteiger partial charge in [0.25, 0.3) is 0 Å². The van der Waals surface area contributed by atoms with Crippen LogP contribution in [0, 0.1) is 12.8 Å².